The smallest absolute Gasteiger partial charge is 0.281 e. The molecule has 7 heteroatoms. The van der Waals surface area contributed by atoms with E-state index in [0.717, 1.165) is 25.9 Å². The van der Waals surface area contributed by atoms with Crippen molar-refractivity contribution < 1.29 is 13.5 Å². The number of hydrogen-bond acceptors (Lipinski definition) is 5. The largest absolute Gasteiger partial charge is 0.373 e. The molecule has 2 aromatic rings. The molecular formula is C19H25F2N3OS. The molecule has 0 amide bonds. The van der Waals surface area contributed by atoms with E-state index in [9.17, 15) is 8.78 Å². The van der Waals surface area contributed by atoms with Crippen molar-refractivity contribution in [2.75, 3.05) is 19.6 Å². The van der Waals surface area contributed by atoms with Crippen molar-refractivity contribution >= 4 is 11.3 Å². The summed E-state index contributed by atoms with van der Waals surface area (Å²) in [5, 5.41) is 0. The molecule has 2 heterocycles. The minimum atomic E-state index is -2.55. The summed E-state index contributed by atoms with van der Waals surface area (Å²) in [6, 6.07) is 8.16. The van der Waals surface area contributed by atoms with Gasteiger partial charge in [0.25, 0.3) is 6.43 Å². The molecule has 3 rings (SSSR count). The van der Waals surface area contributed by atoms with Crippen molar-refractivity contribution in [2.24, 2.45) is 5.73 Å². The number of ether oxygens (including phenoxy) is 1. The molecule has 142 valence electrons. The van der Waals surface area contributed by atoms with Crippen LogP contribution in [0.5, 0.6) is 0 Å². The van der Waals surface area contributed by atoms with Crippen molar-refractivity contribution in [1.29, 1.82) is 0 Å². The van der Waals surface area contributed by atoms with Crippen molar-refractivity contribution in [2.45, 2.75) is 44.9 Å². The van der Waals surface area contributed by atoms with Gasteiger partial charge in [-0.25, -0.2) is 13.8 Å². The van der Waals surface area contributed by atoms with E-state index in [1.807, 2.05) is 0 Å². The third-order valence-corrected chi connectivity index (χ3v) is 5.83. The Morgan fingerprint density at radius 2 is 1.96 bits per heavy atom. The fourth-order valence-corrected chi connectivity index (χ4v) is 4.30. The number of thiazole rings is 1. The first kappa shape index (κ1) is 19.4. The monoisotopic (exact) mass is 381 g/mol. The van der Waals surface area contributed by atoms with Crippen LogP contribution in [0.15, 0.2) is 29.8 Å². The molecule has 0 spiro atoms. The number of likely N-dealkylation sites (tertiary alicyclic amines) is 1. The zero-order valence-electron chi connectivity index (χ0n) is 14.9. The summed E-state index contributed by atoms with van der Waals surface area (Å²) < 4.78 is 32.3. The van der Waals surface area contributed by atoms with Crippen molar-refractivity contribution in [3.05, 3.63) is 51.5 Å². The minimum Gasteiger partial charge on any atom is -0.373 e. The van der Waals surface area contributed by atoms with Crippen LogP contribution in [0.25, 0.3) is 0 Å². The number of aryl methyl sites for hydroxylation is 1. The summed E-state index contributed by atoms with van der Waals surface area (Å²) in [5.74, 6) is 0. The number of benzene rings is 1. The van der Waals surface area contributed by atoms with Crippen LogP contribution in [-0.4, -0.2) is 35.6 Å². The summed E-state index contributed by atoms with van der Waals surface area (Å²) in [7, 11) is 0. The SMILES string of the molecule is Cc1ccc(COC2CCN(C(CN)c3scnc3C(F)F)CC2)cc1. The lowest BCUT2D eigenvalue weighted by Gasteiger charge is -2.36. The van der Waals surface area contributed by atoms with Crippen molar-refractivity contribution in [3.63, 3.8) is 0 Å². The van der Waals surface area contributed by atoms with Gasteiger partial charge < -0.3 is 10.5 Å². The van der Waals surface area contributed by atoms with Crippen LogP contribution < -0.4 is 5.73 Å². The topological polar surface area (TPSA) is 51.4 Å². The van der Waals surface area contributed by atoms with E-state index in [1.165, 1.54) is 28.0 Å². The Labute approximate surface area is 157 Å². The molecule has 2 N–H and O–H groups in total. The third-order valence-electron chi connectivity index (χ3n) is 4.88. The predicted octanol–water partition coefficient (Wildman–Crippen LogP) is 4.07. The van der Waals surface area contributed by atoms with Crippen LogP contribution in [0.3, 0.4) is 0 Å². The van der Waals surface area contributed by atoms with Crippen LogP contribution in [-0.2, 0) is 11.3 Å². The fraction of sp³-hybridized carbons (Fsp3) is 0.526. The standard InChI is InChI=1S/C19H25F2N3OS/c1-13-2-4-14(5-3-13)11-25-15-6-8-24(9-7-15)16(10-22)18-17(19(20)21)23-12-26-18/h2-5,12,15-16,19H,6-11,22H2,1H3. The molecule has 1 aromatic heterocycles. The number of nitrogens with two attached hydrogens (primary N) is 1. The second kappa shape index (κ2) is 8.99. The van der Waals surface area contributed by atoms with Gasteiger partial charge in [-0.3, -0.25) is 4.90 Å². The Balaban J connectivity index is 1.53. The molecule has 1 unspecified atom stereocenters. The zero-order chi connectivity index (χ0) is 18.5. The van der Waals surface area contributed by atoms with E-state index in [2.05, 4.69) is 41.1 Å². The Morgan fingerprint density at radius 1 is 1.27 bits per heavy atom. The summed E-state index contributed by atoms with van der Waals surface area (Å²) >= 11 is 1.27. The molecule has 0 saturated carbocycles. The molecule has 0 bridgehead atoms. The molecule has 1 saturated heterocycles. The number of aromatic nitrogens is 1. The van der Waals surface area contributed by atoms with Gasteiger partial charge in [-0.15, -0.1) is 11.3 Å². The number of halogens is 2. The van der Waals surface area contributed by atoms with E-state index >= 15 is 0 Å². The molecule has 4 nitrogen and oxygen atoms in total. The Bertz CT molecular complexity index is 684. The maximum absolute atomic E-state index is 13.1. The minimum absolute atomic E-state index is 0.122. The van der Waals surface area contributed by atoms with Gasteiger partial charge in [0.2, 0.25) is 0 Å². The first-order chi connectivity index (χ1) is 12.6. The second-order valence-corrected chi connectivity index (χ2v) is 7.57. The highest BCUT2D eigenvalue weighted by Gasteiger charge is 2.30. The van der Waals surface area contributed by atoms with E-state index < -0.39 is 6.43 Å². The van der Waals surface area contributed by atoms with Crippen LogP contribution in [0.4, 0.5) is 8.78 Å². The summed E-state index contributed by atoms with van der Waals surface area (Å²) in [4.78, 5) is 6.61. The lowest BCUT2D eigenvalue weighted by atomic mass is 10.0. The van der Waals surface area contributed by atoms with Gasteiger partial charge in [0.1, 0.15) is 5.69 Å². The van der Waals surface area contributed by atoms with Crippen LogP contribution >= 0.6 is 11.3 Å². The van der Waals surface area contributed by atoms with Crippen LogP contribution in [0, 0.1) is 6.92 Å². The van der Waals surface area contributed by atoms with Gasteiger partial charge in [0, 0.05) is 19.6 Å². The molecule has 0 aliphatic carbocycles. The maximum Gasteiger partial charge on any atom is 0.281 e. The average molecular weight is 381 g/mol. The van der Waals surface area contributed by atoms with Gasteiger partial charge in [-0.05, 0) is 25.3 Å². The predicted molar refractivity (Wildman–Crippen MR) is 99.4 cm³/mol. The van der Waals surface area contributed by atoms with Gasteiger partial charge in [-0.1, -0.05) is 29.8 Å². The van der Waals surface area contributed by atoms with E-state index in [-0.39, 0.29) is 17.8 Å². The lowest BCUT2D eigenvalue weighted by Crippen LogP contribution is -2.41. The van der Waals surface area contributed by atoms with E-state index in [1.54, 1.807) is 0 Å². The van der Waals surface area contributed by atoms with E-state index in [4.69, 9.17) is 10.5 Å². The second-order valence-electron chi connectivity index (χ2n) is 6.69. The van der Waals surface area contributed by atoms with Gasteiger partial charge in [0.15, 0.2) is 0 Å². The molecular weight excluding hydrogens is 356 g/mol. The quantitative estimate of drug-likeness (QED) is 0.785. The molecule has 1 atom stereocenters. The lowest BCUT2D eigenvalue weighted by molar-refractivity contribution is -0.0106. The summed E-state index contributed by atoms with van der Waals surface area (Å²) in [6.45, 7) is 4.57. The maximum atomic E-state index is 13.1. The van der Waals surface area contributed by atoms with Gasteiger partial charge in [0.05, 0.1) is 29.1 Å². The molecule has 1 aliphatic heterocycles. The first-order valence-corrected chi connectivity index (χ1v) is 9.79. The average Bonchev–Trinajstić information content (AvgIpc) is 3.13. The number of piperidine rings is 1. The van der Waals surface area contributed by atoms with Crippen molar-refractivity contribution in [1.82, 2.24) is 9.88 Å². The Morgan fingerprint density at radius 3 is 2.58 bits per heavy atom. The summed E-state index contributed by atoms with van der Waals surface area (Å²) in [6.07, 6.45) is -0.598. The number of alkyl halides is 2. The normalized spacial score (nSPS) is 17.7. The molecule has 1 aromatic carbocycles. The molecule has 1 fully saturated rings. The zero-order valence-corrected chi connectivity index (χ0v) is 15.7. The first-order valence-electron chi connectivity index (χ1n) is 8.91. The third kappa shape index (κ3) is 4.65. The molecule has 1 aliphatic rings. The van der Waals surface area contributed by atoms with Crippen molar-refractivity contribution in [3.8, 4) is 0 Å². The Kier molecular flexibility index (Phi) is 6.69. The molecule has 26 heavy (non-hydrogen) atoms. The fourth-order valence-electron chi connectivity index (χ4n) is 3.35. The number of hydrogen-bond donors (Lipinski definition) is 1. The Hall–Kier alpha value is -1.41. The van der Waals surface area contributed by atoms with Gasteiger partial charge in [-0.2, -0.15) is 0 Å². The number of rotatable bonds is 7. The van der Waals surface area contributed by atoms with Gasteiger partial charge >= 0.3 is 0 Å². The van der Waals surface area contributed by atoms with Crippen LogP contribution in [0.1, 0.15) is 47.0 Å². The number of nitrogens with zero attached hydrogens (tertiary/aromatic N) is 2. The highest BCUT2D eigenvalue weighted by molar-refractivity contribution is 7.09. The van der Waals surface area contributed by atoms with E-state index in [0.29, 0.717) is 18.0 Å². The highest BCUT2D eigenvalue weighted by atomic mass is 32.1. The summed E-state index contributed by atoms with van der Waals surface area (Å²) in [5.41, 5.74) is 9.68. The van der Waals surface area contributed by atoms with Crippen LogP contribution in [0.2, 0.25) is 0 Å². The molecule has 0 radical (unpaired) electrons. The highest BCUT2D eigenvalue weighted by Crippen LogP contribution is 2.34.